The fraction of sp³-hybridized carbons (Fsp3) is 0.526. The van der Waals surface area contributed by atoms with E-state index in [-0.39, 0.29) is 30.7 Å². The summed E-state index contributed by atoms with van der Waals surface area (Å²) in [6.45, 7) is 7.17. The summed E-state index contributed by atoms with van der Waals surface area (Å²) in [6, 6.07) is 7.80. The van der Waals surface area contributed by atoms with Gasteiger partial charge in [0.25, 0.3) is 0 Å². The molecule has 2 unspecified atom stereocenters. The van der Waals surface area contributed by atoms with Crippen LogP contribution < -0.4 is 10.6 Å². The van der Waals surface area contributed by atoms with Gasteiger partial charge in [0.1, 0.15) is 6.33 Å². The van der Waals surface area contributed by atoms with Crippen LogP contribution in [0.3, 0.4) is 0 Å². The fourth-order valence-electron chi connectivity index (χ4n) is 3.48. The summed E-state index contributed by atoms with van der Waals surface area (Å²) in [5.74, 6) is 1.88. The topological polar surface area (TPSA) is 71.8 Å². The summed E-state index contributed by atoms with van der Waals surface area (Å²) in [5.41, 5.74) is 1.77. The van der Waals surface area contributed by atoms with E-state index in [0.717, 1.165) is 36.7 Å². The number of carbonyl (C=O) groups excluding carboxylic acids is 1. The van der Waals surface area contributed by atoms with Crippen molar-refractivity contribution >= 4 is 36.4 Å². The van der Waals surface area contributed by atoms with Crippen LogP contribution in [0.1, 0.15) is 33.1 Å². The highest BCUT2D eigenvalue weighted by atomic mass is 35.5. The van der Waals surface area contributed by atoms with Crippen molar-refractivity contribution in [2.24, 2.45) is 11.8 Å². The molecule has 1 aromatic carbocycles. The Balaban J connectivity index is 0.00000182. The molecule has 1 saturated heterocycles. The molecule has 1 aromatic heterocycles. The van der Waals surface area contributed by atoms with Gasteiger partial charge in [0.2, 0.25) is 5.91 Å². The average molecular weight is 414 g/mol. The van der Waals surface area contributed by atoms with Crippen molar-refractivity contribution in [2.45, 2.75) is 39.7 Å². The lowest BCUT2D eigenvalue weighted by Gasteiger charge is -2.28. The van der Waals surface area contributed by atoms with Gasteiger partial charge >= 0.3 is 0 Å². The number of hydrogen-bond acceptors (Lipinski definition) is 4. The number of nitrogens with one attached hydrogen (secondary N) is 2. The van der Waals surface area contributed by atoms with Crippen LogP contribution >= 0.6 is 24.8 Å². The zero-order chi connectivity index (χ0) is 17.6. The van der Waals surface area contributed by atoms with E-state index in [1.165, 1.54) is 12.8 Å². The SMILES string of the molecule is CCn1cnnc1-c1cccc(NC(=O)CC(C)C2CCCNC2)c1.Cl.Cl. The number of carbonyl (C=O) groups is 1. The summed E-state index contributed by atoms with van der Waals surface area (Å²) in [7, 11) is 0. The Labute approximate surface area is 173 Å². The van der Waals surface area contributed by atoms with Crippen LogP contribution in [0.4, 0.5) is 5.69 Å². The van der Waals surface area contributed by atoms with E-state index in [1.807, 2.05) is 28.8 Å². The quantitative estimate of drug-likeness (QED) is 0.755. The predicted molar refractivity (Wildman–Crippen MR) is 114 cm³/mol. The number of amides is 1. The number of benzene rings is 1. The Bertz CT molecular complexity index is 716. The Morgan fingerprint density at radius 2 is 2.22 bits per heavy atom. The van der Waals surface area contributed by atoms with Gasteiger partial charge < -0.3 is 15.2 Å². The number of anilines is 1. The zero-order valence-corrected chi connectivity index (χ0v) is 17.5. The smallest absolute Gasteiger partial charge is 0.224 e. The molecule has 0 saturated carbocycles. The fourth-order valence-corrected chi connectivity index (χ4v) is 3.48. The Morgan fingerprint density at radius 1 is 1.41 bits per heavy atom. The molecule has 150 valence electrons. The van der Waals surface area contributed by atoms with Gasteiger partial charge in [-0.3, -0.25) is 4.79 Å². The first-order valence-corrected chi connectivity index (χ1v) is 9.16. The number of nitrogens with zero attached hydrogens (tertiary/aromatic N) is 3. The maximum atomic E-state index is 12.4. The third-order valence-electron chi connectivity index (χ3n) is 5.01. The molecule has 3 rings (SSSR count). The molecular weight excluding hydrogens is 385 g/mol. The highest BCUT2D eigenvalue weighted by molar-refractivity contribution is 5.91. The van der Waals surface area contributed by atoms with Gasteiger partial charge in [0.15, 0.2) is 5.82 Å². The highest BCUT2D eigenvalue weighted by Gasteiger charge is 2.22. The average Bonchev–Trinajstić information content (AvgIpc) is 3.11. The number of halogens is 2. The second-order valence-electron chi connectivity index (χ2n) is 6.86. The van der Waals surface area contributed by atoms with Gasteiger partial charge in [-0.15, -0.1) is 35.0 Å². The van der Waals surface area contributed by atoms with E-state index in [4.69, 9.17) is 0 Å². The molecule has 0 aliphatic carbocycles. The van der Waals surface area contributed by atoms with Crippen molar-refractivity contribution in [3.05, 3.63) is 30.6 Å². The first-order chi connectivity index (χ1) is 12.2. The lowest BCUT2D eigenvalue weighted by Crippen LogP contribution is -2.34. The molecule has 1 amide bonds. The zero-order valence-electron chi connectivity index (χ0n) is 15.9. The van der Waals surface area contributed by atoms with Crippen LogP contribution in [-0.4, -0.2) is 33.8 Å². The molecule has 1 fully saturated rings. The molecule has 2 heterocycles. The van der Waals surface area contributed by atoms with E-state index < -0.39 is 0 Å². The Kier molecular flexibility index (Phi) is 9.77. The maximum Gasteiger partial charge on any atom is 0.224 e. The number of hydrogen-bond donors (Lipinski definition) is 2. The number of rotatable bonds is 6. The third-order valence-corrected chi connectivity index (χ3v) is 5.01. The molecule has 0 spiro atoms. The molecule has 2 aromatic rings. The Morgan fingerprint density at radius 3 is 2.93 bits per heavy atom. The predicted octanol–water partition coefficient (Wildman–Crippen LogP) is 3.77. The third kappa shape index (κ3) is 6.19. The van der Waals surface area contributed by atoms with Crippen LogP contribution in [0.15, 0.2) is 30.6 Å². The van der Waals surface area contributed by atoms with Gasteiger partial charge in [-0.05, 0) is 56.8 Å². The standard InChI is InChI=1S/C19H27N5O.2ClH/c1-3-24-13-21-23-19(24)15-6-4-8-17(11-15)22-18(25)10-14(2)16-7-5-9-20-12-16;;/h4,6,8,11,13-14,16,20H,3,5,7,9-10,12H2,1-2H3,(H,22,25);2*1H. The van der Waals surface area contributed by atoms with Gasteiger partial charge in [-0.25, -0.2) is 0 Å². The molecular formula is C19H29Cl2N5O. The van der Waals surface area contributed by atoms with E-state index in [9.17, 15) is 4.79 Å². The van der Waals surface area contributed by atoms with Gasteiger partial charge in [-0.1, -0.05) is 19.1 Å². The van der Waals surface area contributed by atoms with E-state index >= 15 is 0 Å². The van der Waals surface area contributed by atoms with Gasteiger partial charge in [0.05, 0.1) is 0 Å². The molecule has 1 aliphatic heterocycles. The van der Waals surface area contributed by atoms with Gasteiger partial charge in [0, 0.05) is 24.2 Å². The number of aryl methyl sites for hydroxylation is 1. The molecule has 27 heavy (non-hydrogen) atoms. The molecule has 2 N–H and O–H groups in total. The molecule has 1 aliphatic rings. The molecule has 0 radical (unpaired) electrons. The lowest BCUT2D eigenvalue weighted by atomic mass is 9.85. The van der Waals surface area contributed by atoms with E-state index in [2.05, 4.69) is 34.7 Å². The van der Waals surface area contributed by atoms with E-state index in [0.29, 0.717) is 18.3 Å². The van der Waals surface area contributed by atoms with Crippen LogP contribution in [0, 0.1) is 11.8 Å². The summed E-state index contributed by atoms with van der Waals surface area (Å²) >= 11 is 0. The van der Waals surface area contributed by atoms with Crippen LogP contribution in [0.5, 0.6) is 0 Å². The summed E-state index contributed by atoms with van der Waals surface area (Å²) in [5, 5.41) is 14.6. The normalized spacial score (nSPS) is 17.3. The van der Waals surface area contributed by atoms with Crippen molar-refractivity contribution in [3.8, 4) is 11.4 Å². The maximum absolute atomic E-state index is 12.4. The molecule has 0 bridgehead atoms. The van der Waals surface area contributed by atoms with Crippen molar-refractivity contribution in [3.63, 3.8) is 0 Å². The first-order valence-electron chi connectivity index (χ1n) is 9.16. The van der Waals surface area contributed by atoms with Crippen LogP contribution in [-0.2, 0) is 11.3 Å². The van der Waals surface area contributed by atoms with Crippen LogP contribution in [0.2, 0.25) is 0 Å². The molecule has 2 atom stereocenters. The minimum atomic E-state index is 0. The van der Waals surface area contributed by atoms with E-state index in [1.54, 1.807) is 6.33 Å². The largest absolute Gasteiger partial charge is 0.326 e. The molecule has 6 nitrogen and oxygen atoms in total. The summed E-state index contributed by atoms with van der Waals surface area (Å²) < 4.78 is 1.99. The minimum Gasteiger partial charge on any atom is -0.326 e. The van der Waals surface area contributed by atoms with Crippen molar-refractivity contribution in [1.82, 2.24) is 20.1 Å². The lowest BCUT2D eigenvalue weighted by molar-refractivity contribution is -0.117. The second kappa shape index (κ2) is 11.3. The Hall–Kier alpha value is -1.63. The summed E-state index contributed by atoms with van der Waals surface area (Å²) in [6.07, 6.45) is 4.70. The van der Waals surface area contributed by atoms with Crippen LogP contribution in [0.25, 0.3) is 11.4 Å². The number of aromatic nitrogens is 3. The first kappa shape index (κ1) is 23.4. The van der Waals surface area contributed by atoms with Crippen molar-refractivity contribution in [2.75, 3.05) is 18.4 Å². The van der Waals surface area contributed by atoms with Crippen molar-refractivity contribution < 1.29 is 4.79 Å². The summed E-state index contributed by atoms with van der Waals surface area (Å²) in [4.78, 5) is 12.4. The monoisotopic (exact) mass is 413 g/mol. The van der Waals surface area contributed by atoms with Gasteiger partial charge in [-0.2, -0.15) is 0 Å². The minimum absolute atomic E-state index is 0. The van der Waals surface area contributed by atoms with Crippen molar-refractivity contribution in [1.29, 1.82) is 0 Å². The second-order valence-corrected chi connectivity index (χ2v) is 6.86. The highest BCUT2D eigenvalue weighted by Crippen LogP contribution is 2.24. The molecule has 8 heteroatoms. The number of piperidine rings is 1.